The van der Waals surface area contributed by atoms with Gasteiger partial charge in [0.15, 0.2) is 6.10 Å². The fourth-order valence-corrected chi connectivity index (χ4v) is 5.59. The molecule has 0 saturated carbocycles. The van der Waals surface area contributed by atoms with E-state index in [0.29, 0.717) is 19.3 Å². The molecule has 0 aliphatic heterocycles. The van der Waals surface area contributed by atoms with Crippen molar-refractivity contribution < 1.29 is 28.6 Å². The van der Waals surface area contributed by atoms with Gasteiger partial charge >= 0.3 is 17.9 Å². The average molecular weight is 915 g/mol. The molecule has 0 aromatic heterocycles. The number of hydrogen-bond acceptors (Lipinski definition) is 6. The summed E-state index contributed by atoms with van der Waals surface area (Å²) >= 11 is 0. The van der Waals surface area contributed by atoms with Crippen molar-refractivity contribution in [2.75, 3.05) is 13.2 Å². The van der Waals surface area contributed by atoms with E-state index in [1.807, 2.05) is 66.8 Å². The van der Waals surface area contributed by atoms with Crippen LogP contribution >= 0.6 is 0 Å². The van der Waals surface area contributed by atoms with Crippen LogP contribution in [0.15, 0.2) is 194 Å². The Bertz CT molecular complexity index is 1710. The van der Waals surface area contributed by atoms with Crippen molar-refractivity contribution in [3.05, 3.63) is 194 Å². The first kappa shape index (κ1) is 61.2. The summed E-state index contributed by atoms with van der Waals surface area (Å²) < 4.78 is 16.6. The number of unbranched alkanes of at least 4 members (excludes halogenated alkanes) is 2. The van der Waals surface area contributed by atoms with Crippen molar-refractivity contribution >= 4 is 17.9 Å². The van der Waals surface area contributed by atoms with Crippen molar-refractivity contribution in [3.8, 4) is 0 Å². The van der Waals surface area contributed by atoms with E-state index >= 15 is 0 Å². The van der Waals surface area contributed by atoms with E-state index < -0.39 is 18.0 Å². The zero-order chi connectivity index (χ0) is 48.6. The second kappa shape index (κ2) is 52.9. The van der Waals surface area contributed by atoms with Gasteiger partial charge in [-0.2, -0.15) is 0 Å². The SMILES string of the molecule is CC\C=C/C=C\C=C/C=C\C=C/CCCC(=O)OCC(COC(=O)CC/C=C\C/C=C\C/C=C\C/C=C\C/C=C\C/C=C\CC)OC(=O)CCC/C=C\C/C=C\C/C=C\C/C=C\C/C=C\CC. The molecular formula is C61H86O6. The molecule has 6 nitrogen and oxygen atoms in total. The van der Waals surface area contributed by atoms with Crippen molar-refractivity contribution in [3.63, 3.8) is 0 Å². The van der Waals surface area contributed by atoms with Gasteiger partial charge in [-0.05, 0) is 109 Å². The van der Waals surface area contributed by atoms with E-state index in [2.05, 4.69) is 148 Å². The Morgan fingerprint density at radius 3 is 1.01 bits per heavy atom. The Morgan fingerprint density at radius 2 is 0.612 bits per heavy atom. The lowest BCUT2D eigenvalue weighted by Gasteiger charge is -2.18. The van der Waals surface area contributed by atoms with E-state index in [9.17, 15) is 14.4 Å². The monoisotopic (exact) mass is 915 g/mol. The number of carbonyl (C=O) groups is 3. The largest absolute Gasteiger partial charge is 0.462 e. The summed E-state index contributed by atoms with van der Waals surface area (Å²) in [6.45, 7) is 6.04. The zero-order valence-electron chi connectivity index (χ0n) is 41.6. The maximum atomic E-state index is 12.8. The molecule has 0 saturated heterocycles. The summed E-state index contributed by atoms with van der Waals surface area (Å²) in [6.07, 6.45) is 81.5. The number of esters is 3. The summed E-state index contributed by atoms with van der Waals surface area (Å²) in [5, 5.41) is 0. The van der Waals surface area contributed by atoms with Crippen LogP contribution in [0.5, 0.6) is 0 Å². The van der Waals surface area contributed by atoms with Crippen LogP contribution in [-0.2, 0) is 28.6 Å². The molecule has 0 N–H and O–H groups in total. The quantitative estimate of drug-likeness (QED) is 0.0200. The molecule has 1 unspecified atom stereocenters. The van der Waals surface area contributed by atoms with Crippen LogP contribution in [-0.4, -0.2) is 37.2 Å². The van der Waals surface area contributed by atoms with Gasteiger partial charge < -0.3 is 14.2 Å². The Labute approximate surface area is 407 Å². The molecule has 0 aliphatic rings. The van der Waals surface area contributed by atoms with Crippen molar-refractivity contribution in [1.82, 2.24) is 0 Å². The molecule has 6 heteroatoms. The topological polar surface area (TPSA) is 78.9 Å². The maximum Gasteiger partial charge on any atom is 0.306 e. The molecule has 1 atom stereocenters. The van der Waals surface area contributed by atoms with Crippen LogP contribution in [0.25, 0.3) is 0 Å². The fraction of sp³-hybridized carbons (Fsp3) is 0.426. The molecule has 0 fully saturated rings. The minimum Gasteiger partial charge on any atom is -0.462 e. The van der Waals surface area contributed by atoms with Crippen LogP contribution in [0.4, 0.5) is 0 Å². The van der Waals surface area contributed by atoms with Crippen molar-refractivity contribution in [1.29, 1.82) is 0 Å². The molecule has 0 aromatic carbocycles. The van der Waals surface area contributed by atoms with E-state index in [4.69, 9.17) is 14.2 Å². The lowest BCUT2D eigenvalue weighted by molar-refractivity contribution is -0.166. The third kappa shape index (κ3) is 51.1. The summed E-state index contributed by atoms with van der Waals surface area (Å²) in [4.78, 5) is 37.9. The van der Waals surface area contributed by atoms with E-state index in [1.165, 1.54) is 0 Å². The second-order valence-corrected chi connectivity index (χ2v) is 15.3. The van der Waals surface area contributed by atoms with E-state index in [0.717, 1.165) is 89.9 Å². The first-order chi connectivity index (χ1) is 33.0. The number of hydrogen-bond donors (Lipinski definition) is 0. The molecule has 0 spiro atoms. The lowest BCUT2D eigenvalue weighted by Crippen LogP contribution is -2.30. The number of carbonyl (C=O) groups excluding carboxylic acids is 3. The van der Waals surface area contributed by atoms with Gasteiger partial charge in [-0.3, -0.25) is 14.4 Å². The van der Waals surface area contributed by atoms with Crippen LogP contribution in [0.2, 0.25) is 0 Å². The molecular weight excluding hydrogens is 829 g/mol. The molecule has 0 bridgehead atoms. The van der Waals surface area contributed by atoms with Crippen molar-refractivity contribution in [2.24, 2.45) is 0 Å². The van der Waals surface area contributed by atoms with Gasteiger partial charge in [-0.25, -0.2) is 0 Å². The minimum atomic E-state index is -0.879. The Balaban J connectivity index is 4.74. The minimum absolute atomic E-state index is 0.173. The summed E-state index contributed by atoms with van der Waals surface area (Å²) in [5.41, 5.74) is 0. The first-order valence-electron chi connectivity index (χ1n) is 25.0. The van der Waals surface area contributed by atoms with Gasteiger partial charge in [0.1, 0.15) is 13.2 Å². The van der Waals surface area contributed by atoms with E-state index in [1.54, 1.807) is 0 Å². The van der Waals surface area contributed by atoms with Gasteiger partial charge in [0.25, 0.3) is 0 Å². The first-order valence-corrected chi connectivity index (χ1v) is 25.0. The third-order valence-electron chi connectivity index (χ3n) is 9.22. The fourth-order valence-electron chi connectivity index (χ4n) is 5.59. The third-order valence-corrected chi connectivity index (χ3v) is 9.22. The highest BCUT2D eigenvalue weighted by Gasteiger charge is 2.19. The zero-order valence-corrected chi connectivity index (χ0v) is 41.6. The average Bonchev–Trinajstić information content (AvgIpc) is 3.33. The highest BCUT2D eigenvalue weighted by atomic mass is 16.6. The summed E-state index contributed by atoms with van der Waals surface area (Å²) in [5.74, 6) is -1.21. The van der Waals surface area contributed by atoms with Crippen LogP contribution in [0, 0.1) is 0 Å². The standard InChI is InChI=1S/C61H86O6/c1-4-7-10-13-16-19-22-25-27-29-30-32-33-36-39-42-45-48-51-54-60(63)66-57-58(56-65-59(62)53-50-47-44-41-38-35-24-21-18-15-12-9-6-3)67-61(64)55-52-49-46-43-40-37-34-31-28-26-23-20-17-14-11-8-5-2/h7-12,15-21,24-28,30,32,34-39,41,43-46,48,58H,4-6,13-14,22-23,29,31,33,40,42,47,49-57H2,1-3H3/b10-7-,11-8-,12-9-,18-15-,19-16-,20-17-,24-21-,27-25-,28-26-,32-30-,37-34-,38-35-,39-36-,44-41-,46-43-,48-45-. The maximum absolute atomic E-state index is 12.8. The Morgan fingerprint density at radius 1 is 0.313 bits per heavy atom. The lowest BCUT2D eigenvalue weighted by atomic mass is 10.2. The number of allylic oxidation sites excluding steroid dienone is 32. The van der Waals surface area contributed by atoms with Gasteiger partial charge in [-0.15, -0.1) is 0 Å². The molecule has 366 valence electrons. The molecule has 0 aromatic rings. The molecule has 67 heavy (non-hydrogen) atoms. The number of rotatable bonds is 41. The van der Waals surface area contributed by atoms with Crippen LogP contribution in [0.3, 0.4) is 0 Å². The molecule has 0 amide bonds. The molecule has 0 aliphatic carbocycles. The molecule has 0 rings (SSSR count). The summed E-state index contributed by atoms with van der Waals surface area (Å²) in [6, 6.07) is 0. The Kier molecular flexibility index (Phi) is 48.3. The van der Waals surface area contributed by atoms with E-state index in [-0.39, 0.29) is 38.4 Å². The molecule has 0 radical (unpaired) electrons. The van der Waals surface area contributed by atoms with Gasteiger partial charge in [-0.1, -0.05) is 215 Å². The van der Waals surface area contributed by atoms with Crippen LogP contribution < -0.4 is 0 Å². The molecule has 0 heterocycles. The van der Waals surface area contributed by atoms with Gasteiger partial charge in [0.05, 0.1) is 0 Å². The van der Waals surface area contributed by atoms with Crippen molar-refractivity contribution in [2.45, 2.75) is 155 Å². The summed E-state index contributed by atoms with van der Waals surface area (Å²) in [7, 11) is 0. The van der Waals surface area contributed by atoms with Gasteiger partial charge in [0.2, 0.25) is 0 Å². The highest BCUT2D eigenvalue weighted by molar-refractivity contribution is 5.71. The normalized spacial score (nSPS) is 13.8. The highest BCUT2D eigenvalue weighted by Crippen LogP contribution is 2.08. The second-order valence-electron chi connectivity index (χ2n) is 15.3. The smallest absolute Gasteiger partial charge is 0.306 e. The number of ether oxygens (including phenoxy) is 3. The Hall–Kier alpha value is -5.75. The van der Waals surface area contributed by atoms with Gasteiger partial charge in [0, 0.05) is 19.3 Å². The predicted octanol–water partition coefficient (Wildman–Crippen LogP) is 16.7. The predicted molar refractivity (Wildman–Crippen MR) is 287 cm³/mol. The van der Waals surface area contributed by atoms with Crippen LogP contribution in [0.1, 0.15) is 149 Å².